The Balaban J connectivity index is 1.21. The van der Waals surface area contributed by atoms with E-state index in [2.05, 4.69) is 58.6 Å². The Bertz CT molecular complexity index is 1380. The van der Waals surface area contributed by atoms with Gasteiger partial charge in [0.25, 0.3) is 0 Å². The molecule has 2 N–H and O–H groups in total. The van der Waals surface area contributed by atoms with Crippen molar-refractivity contribution < 1.29 is 23.9 Å². The Morgan fingerprint density at radius 2 is 1.62 bits per heavy atom. The molecule has 1 amide bonds. The maximum Gasteiger partial charge on any atom is 0.404 e. The number of carboxylic acid groups (broad SMARTS) is 1. The summed E-state index contributed by atoms with van der Waals surface area (Å²) in [5, 5.41) is 15.2. The van der Waals surface area contributed by atoms with Crippen LogP contribution in [0.5, 0.6) is 17.4 Å². The van der Waals surface area contributed by atoms with Gasteiger partial charge in [-0.2, -0.15) is 4.98 Å². The zero-order valence-corrected chi connectivity index (χ0v) is 20.8. The second kappa shape index (κ2) is 9.93. The second-order valence-electron chi connectivity index (χ2n) is 9.63. The number of carbonyl (C=O) groups is 1. The van der Waals surface area contributed by atoms with Gasteiger partial charge in [0.15, 0.2) is 0 Å². The fourth-order valence-electron chi connectivity index (χ4n) is 4.32. The van der Waals surface area contributed by atoms with E-state index in [1.54, 1.807) is 19.1 Å². The predicted octanol–water partition coefficient (Wildman–Crippen LogP) is 5.74. The largest absolute Gasteiger partial charge is 0.490 e. The number of aryl methyl sites for hydroxylation is 1. The number of nitrogens with zero attached hydrogens (tertiary/aromatic N) is 3. The lowest BCUT2D eigenvalue weighted by atomic mass is 9.78. The van der Waals surface area contributed by atoms with Crippen LogP contribution in [0.4, 0.5) is 4.79 Å². The van der Waals surface area contributed by atoms with Gasteiger partial charge >= 0.3 is 6.09 Å². The van der Waals surface area contributed by atoms with Crippen molar-refractivity contribution >= 4 is 6.09 Å². The van der Waals surface area contributed by atoms with Crippen LogP contribution in [0.2, 0.25) is 0 Å². The minimum absolute atomic E-state index is 0.0258. The van der Waals surface area contributed by atoms with Crippen LogP contribution in [0, 0.1) is 6.92 Å². The molecule has 0 saturated heterocycles. The van der Waals surface area contributed by atoms with Gasteiger partial charge in [0.05, 0.1) is 0 Å². The van der Waals surface area contributed by atoms with E-state index in [9.17, 15) is 4.79 Å². The summed E-state index contributed by atoms with van der Waals surface area (Å²) in [4.78, 5) is 19.4. The molecule has 2 aromatic carbocycles. The minimum atomic E-state index is -0.990. The first-order chi connectivity index (χ1) is 17.8. The molecule has 37 heavy (non-hydrogen) atoms. The molecule has 1 aliphatic carbocycles. The van der Waals surface area contributed by atoms with Crippen LogP contribution in [0.15, 0.2) is 71.3 Å². The van der Waals surface area contributed by atoms with Crippen LogP contribution in [0.1, 0.15) is 43.7 Å². The lowest BCUT2D eigenvalue weighted by molar-refractivity contribution is 0.0833. The van der Waals surface area contributed by atoms with Crippen molar-refractivity contribution in [2.75, 3.05) is 0 Å². The highest BCUT2D eigenvalue weighted by atomic mass is 16.5. The topological polar surface area (TPSA) is 120 Å². The highest BCUT2D eigenvalue weighted by Gasteiger charge is 2.32. The van der Waals surface area contributed by atoms with Crippen LogP contribution in [-0.2, 0) is 5.41 Å². The Hall–Kier alpha value is -4.40. The number of hydrogen-bond donors (Lipinski definition) is 2. The third kappa shape index (κ3) is 5.55. The number of ether oxygens (including phenoxy) is 2. The van der Waals surface area contributed by atoms with E-state index in [1.807, 2.05) is 30.3 Å². The van der Waals surface area contributed by atoms with E-state index >= 15 is 0 Å². The number of aromatic nitrogens is 3. The maximum absolute atomic E-state index is 10.7. The highest BCUT2D eigenvalue weighted by molar-refractivity contribution is 5.65. The lowest BCUT2D eigenvalue weighted by Gasteiger charge is -2.35. The number of amides is 1. The molecule has 5 rings (SSSR count). The van der Waals surface area contributed by atoms with Crippen LogP contribution >= 0.6 is 0 Å². The molecule has 0 spiro atoms. The van der Waals surface area contributed by atoms with Gasteiger partial charge in [0.1, 0.15) is 23.3 Å². The average molecular weight is 501 g/mol. The van der Waals surface area contributed by atoms with E-state index in [4.69, 9.17) is 19.1 Å². The van der Waals surface area contributed by atoms with Crippen molar-refractivity contribution in [2.45, 2.75) is 51.2 Å². The molecule has 0 unspecified atom stereocenters. The first-order valence-electron chi connectivity index (χ1n) is 12.1. The van der Waals surface area contributed by atoms with E-state index < -0.39 is 6.09 Å². The summed E-state index contributed by atoms with van der Waals surface area (Å²) in [5.74, 6) is 2.80. The molecule has 2 heterocycles. The molecule has 0 bridgehead atoms. The van der Waals surface area contributed by atoms with Crippen LogP contribution in [0.3, 0.4) is 0 Å². The second-order valence-corrected chi connectivity index (χ2v) is 9.63. The Labute approximate surface area is 214 Å². The van der Waals surface area contributed by atoms with E-state index in [0.29, 0.717) is 41.9 Å². The summed E-state index contributed by atoms with van der Waals surface area (Å²) in [6.45, 7) is 6.07. The third-order valence-corrected chi connectivity index (χ3v) is 6.58. The number of rotatable bonds is 8. The van der Waals surface area contributed by atoms with Crippen molar-refractivity contribution in [1.82, 2.24) is 20.4 Å². The van der Waals surface area contributed by atoms with Crippen molar-refractivity contribution in [1.29, 1.82) is 0 Å². The first-order valence-corrected chi connectivity index (χ1v) is 12.1. The maximum atomic E-state index is 10.7. The van der Waals surface area contributed by atoms with Crippen LogP contribution < -0.4 is 14.8 Å². The van der Waals surface area contributed by atoms with Gasteiger partial charge in [-0.3, -0.25) is 0 Å². The SMILES string of the molecule is Cc1nc(-c2cccc(Oc3ccc(C(C)(C)c4ccc(O[C@H]5C[C@H](NC(=O)O)C5)cc4)cc3)n2)no1. The Kier molecular flexibility index (Phi) is 6.52. The van der Waals surface area contributed by atoms with Crippen molar-refractivity contribution in [3.8, 4) is 28.9 Å². The standard InChI is InChI=1S/C28H28N4O5/c1-17-29-26(32-37-17)24-5-4-6-25(31-24)36-22-13-9-19(10-14-22)28(2,3)18-7-11-21(12-8-18)35-23-15-20(16-23)30-27(33)34/h4-14,20,23,30H,15-16H2,1-3H3,(H,33,34)/t20-,23-. The summed E-state index contributed by atoms with van der Waals surface area (Å²) >= 11 is 0. The smallest absolute Gasteiger partial charge is 0.404 e. The van der Waals surface area contributed by atoms with Gasteiger partial charge < -0.3 is 24.4 Å². The molecule has 190 valence electrons. The number of pyridine rings is 1. The average Bonchev–Trinajstić information content (AvgIpc) is 3.30. The van der Waals surface area contributed by atoms with Gasteiger partial charge in [-0.05, 0) is 41.5 Å². The van der Waals surface area contributed by atoms with Gasteiger partial charge in [-0.25, -0.2) is 9.78 Å². The molecule has 1 saturated carbocycles. The predicted molar refractivity (Wildman–Crippen MR) is 136 cm³/mol. The molecular formula is C28H28N4O5. The van der Waals surface area contributed by atoms with E-state index in [1.165, 1.54) is 0 Å². The zero-order valence-electron chi connectivity index (χ0n) is 20.8. The molecular weight excluding hydrogens is 472 g/mol. The van der Waals surface area contributed by atoms with E-state index in [0.717, 1.165) is 16.9 Å². The molecule has 9 nitrogen and oxygen atoms in total. The van der Waals surface area contributed by atoms with Crippen LogP contribution in [0.25, 0.3) is 11.5 Å². The fourth-order valence-corrected chi connectivity index (χ4v) is 4.32. The van der Waals surface area contributed by atoms with Crippen molar-refractivity contribution in [3.63, 3.8) is 0 Å². The molecule has 0 aliphatic heterocycles. The number of nitrogens with one attached hydrogen (secondary N) is 1. The molecule has 4 aromatic rings. The van der Waals surface area contributed by atoms with Crippen LogP contribution in [-0.4, -0.2) is 38.5 Å². The van der Waals surface area contributed by atoms with Gasteiger partial charge in [-0.1, -0.05) is 49.3 Å². The molecule has 1 aliphatic rings. The van der Waals surface area contributed by atoms with Gasteiger partial charge in [-0.15, -0.1) is 0 Å². The van der Waals surface area contributed by atoms with Crippen molar-refractivity contribution in [2.24, 2.45) is 0 Å². The summed E-state index contributed by atoms with van der Waals surface area (Å²) in [5.41, 5.74) is 2.63. The summed E-state index contributed by atoms with van der Waals surface area (Å²) < 4.78 is 17.0. The minimum Gasteiger partial charge on any atom is -0.490 e. The Morgan fingerprint density at radius 3 is 2.22 bits per heavy atom. The van der Waals surface area contributed by atoms with Gasteiger partial charge in [0.2, 0.25) is 17.6 Å². The molecule has 2 aromatic heterocycles. The highest BCUT2D eigenvalue weighted by Crippen LogP contribution is 2.35. The molecule has 9 heteroatoms. The zero-order chi connectivity index (χ0) is 26.0. The third-order valence-electron chi connectivity index (χ3n) is 6.58. The van der Waals surface area contributed by atoms with E-state index in [-0.39, 0.29) is 17.6 Å². The fraction of sp³-hybridized carbons (Fsp3) is 0.286. The number of benzene rings is 2. The summed E-state index contributed by atoms with van der Waals surface area (Å²) in [6.07, 6.45) is 0.417. The number of hydrogen-bond acceptors (Lipinski definition) is 7. The lowest BCUT2D eigenvalue weighted by Crippen LogP contribution is -2.48. The monoisotopic (exact) mass is 500 g/mol. The molecule has 1 fully saturated rings. The summed E-state index contributed by atoms with van der Waals surface area (Å²) in [7, 11) is 0. The normalized spacial score (nSPS) is 17.1. The first kappa shape index (κ1) is 24.3. The van der Waals surface area contributed by atoms with Gasteiger partial charge in [0, 0.05) is 37.3 Å². The Morgan fingerprint density at radius 1 is 0.973 bits per heavy atom. The quantitative estimate of drug-likeness (QED) is 0.314. The molecule has 0 radical (unpaired) electrons. The molecule has 0 atom stereocenters. The van der Waals surface area contributed by atoms with Crippen molar-refractivity contribution in [3.05, 3.63) is 83.7 Å². The summed E-state index contributed by atoms with van der Waals surface area (Å²) in [6, 6.07) is 21.4.